The van der Waals surface area contributed by atoms with Crippen molar-refractivity contribution in [2.45, 2.75) is 26.3 Å². The van der Waals surface area contributed by atoms with Crippen LogP contribution in [-0.4, -0.2) is 40.6 Å². The van der Waals surface area contributed by atoms with Gasteiger partial charge in [0, 0.05) is 32.2 Å². The van der Waals surface area contributed by atoms with E-state index in [1.807, 2.05) is 37.5 Å². The second kappa shape index (κ2) is 7.16. The topological polar surface area (TPSA) is 78.9 Å². The molecule has 21 heavy (non-hydrogen) atoms. The maximum absolute atomic E-state index is 4.44. The van der Waals surface area contributed by atoms with Crippen LogP contribution < -0.4 is 15.5 Å². The van der Waals surface area contributed by atoms with Crippen molar-refractivity contribution in [2.24, 2.45) is 0 Å². The predicted octanol–water partition coefficient (Wildman–Crippen LogP) is 2.39. The van der Waals surface area contributed by atoms with Gasteiger partial charge in [-0.2, -0.15) is 15.0 Å². The summed E-state index contributed by atoms with van der Waals surface area (Å²) in [7, 11) is 3.82. The van der Waals surface area contributed by atoms with Gasteiger partial charge in [0.2, 0.25) is 17.8 Å². The van der Waals surface area contributed by atoms with Gasteiger partial charge in [0.1, 0.15) is 5.01 Å². The molecule has 2 rings (SSSR count). The Morgan fingerprint density at radius 1 is 1.19 bits per heavy atom. The van der Waals surface area contributed by atoms with E-state index in [0.29, 0.717) is 17.8 Å². The van der Waals surface area contributed by atoms with Crippen LogP contribution in [0, 0.1) is 0 Å². The molecule has 0 aliphatic heterocycles. The highest BCUT2D eigenvalue weighted by Gasteiger charge is 2.15. The number of hydrogen-bond acceptors (Lipinski definition) is 8. The zero-order valence-corrected chi connectivity index (χ0v) is 13.6. The molecule has 0 aliphatic rings. The zero-order valence-electron chi connectivity index (χ0n) is 12.8. The molecule has 0 fully saturated rings. The Labute approximate surface area is 128 Å². The maximum Gasteiger partial charge on any atom is 0.231 e. The summed E-state index contributed by atoms with van der Waals surface area (Å²) in [5.74, 6) is 1.76. The predicted molar refractivity (Wildman–Crippen MR) is 87.1 cm³/mol. The summed E-state index contributed by atoms with van der Waals surface area (Å²) in [5, 5.41) is 9.48. The van der Waals surface area contributed by atoms with E-state index in [9.17, 15) is 0 Å². The maximum atomic E-state index is 4.44. The number of aromatic nitrogens is 4. The van der Waals surface area contributed by atoms with Crippen LogP contribution in [0.1, 0.15) is 31.3 Å². The molecular formula is C13H21N7S. The summed E-state index contributed by atoms with van der Waals surface area (Å²) in [6, 6.07) is 0.108. The molecule has 0 amide bonds. The SMILES string of the molecule is CCNc1nc(NC(CC)c2nccs2)nc(N(C)C)n1. The molecule has 2 aromatic heterocycles. The Balaban J connectivity index is 2.25. The summed E-state index contributed by atoms with van der Waals surface area (Å²) in [6.45, 7) is 4.88. The minimum Gasteiger partial charge on any atom is -0.354 e. The lowest BCUT2D eigenvalue weighted by Gasteiger charge is -2.17. The van der Waals surface area contributed by atoms with Crippen molar-refractivity contribution in [3.8, 4) is 0 Å². The first-order valence-electron chi connectivity index (χ1n) is 6.97. The lowest BCUT2D eigenvalue weighted by atomic mass is 10.2. The fraction of sp³-hybridized carbons (Fsp3) is 0.538. The Morgan fingerprint density at radius 2 is 1.95 bits per heavy atom. The zero-order chi connectivity index (χ0) is 15.2. The average molecular weight is 307 g/mol. The van der Waals surface area contributed by atoms with Gasteiger partial charge in [-0.25, -0.2) is 4.98 Å². The van der Waals surface area contributed by atoms with Crippen LogP contribution >= 0.6 is 11.3 Å². The third kappa shape index (κ3) is 4.01. The normalized spacial score (nSPS) is 12.0. The smallest absolute Gasteiger partial charge is 0.231 e. The van der Waals surface area contributed by atoms with E-state index in [2.05, 4.69) is 37.5 Å². The summed E-state index contributed by atoms with van der Waals surface area (Å²) in [6.07, 6.45) is 2.72. The first-order valence-corrected chi connectivity index (χ1v) is 7.85. The van der Waals surface area contributed by atoms with Crippen molar-refractivity contribution >= 4 is 29.2 Å². The third-order valence-electron chi connectivity index (χ3n) is 2.82. The van der Waals surface area contributed by atoms with Crippen LogP contribution in [0.2, 0.25) is 0 Å². The molecule has 114 valence electrons. The molecule has 2 N–H and O–H groups in total. The quantitative estimate of drug-likeness (QED) is 0.813. The molecule has 2 aromatic rings. The highest BCUT2D eigenvalue weighted by Crippen LogP contribution is 2.23. The number of rotatable bonds is 7. The number of thiazole rings is 1. The molecule has 1 unspecified atom stereocenters. The number of anilines is 3. The van der Waals surface area contributed by atoms with Crippen molar-refractivity contribution < 1.29 is 0 Å². The van der Waals surface area contributed by atoms with Gasteiger partial charge in [0.15, 0.2) is 0 Å². The van der Waals surface area contributed by atoms with Gasteiger partial charge >= 0.3 is 0 Å². The lowest BCUT2D eigenvalue weighted by molar-refractivity contribution is 0.729. The minimum atomic E-state index is 0.108. The average Bonchev–Trinajstić information content (AvgIpc) is 2.99. The second-order valence-electron chi connectivity index (χ2n) is 4.68. The first-order chi connectivity index (χ1) is 10.1. The molecule has 7 nitrogen and oxygen atoms in total. The second-order valence-corrected chi connectivity index (χ2v) is 5.61. The van der Waals surface area contributed by atoms with E-state index < -0.39 is 0 Å². The monoisotopic (exact) mass is 307 g/mol. The van der Waals surface area contributed by atoms with Crippen LogP contribution in [0.5, 0.6) is 0 Å². The number of hydrogen-bond donors (Lipinski definition) is 2. The minimum absolute atomic E-state index is 0.108. The first kappa shape index (κ1) is 15.4. The Bertz CT molecular complexity index is 556. The van der Waals surface area contributed by atoms with Gasteiger partial charge in [0.25, 0.3) is 0 Å². The van der Waals surface area contributed by atoms with Gasteiger partial charge in [0.05, 0.1) is 6.04 Å². The fourth-order valence-electron chi connectivity index (χ4n) is 1.77. The summed E-state index contributed by atoms with van der Waals surface area (Å²) in [5.41, 5.74) is 0. The van der Waals surface area contributed by atoms with E-state index in [-0.39, 0.29) is 6.04 Å². The summed E-state index contributed by atoms with van der Waals surface area (Å²) in [4.78, 5) is 19.4. The molecule has 1 atom stereocenters. The highest BCUT2D eigenvalue weighted by molar-refractivity contribution is 7.09. The van der Waals surface area contributed by atoms with E-state index in [0.717, 1.165) is 18.0 Å². The van der Waals surface area contributed by atoms with Crippen molar-refractivity contribution in [3.05, 3.63) is 16.6 Å². The molecular weight excluding hydrogens is 286 g/mol. The van der Waals surface area contributed by atoms with E-state index in [1.54, 1.807) is 11.3 Å². The van der Waals surface area contributed by atoms with Crippen LogP contribution in [0.3, 0.4) is 0 Å². The lowest BCUT2D eigenvalue weighted by Crippen LogP contribution is -2.18. The molecule has 0 saturated heterocycles. The number of nitrogens with one attached hydrogen (secondary N) is 2. The Hall–Kier alpha value is -1.96. The highest BCUT2D eigenvalue weighted by atomic mass is 32.1. The third-order valence-corrected chi connectivity index (χ3v) is 3.71. The standard InChI is InChI=1S/C13H21N7S/c1-5-9(10-15-7-8-21-10)16-12-17-11(14-6-2)18-13(19-12)20(3)4/h7-9H,5-6H2,1-4H3,(H2,14,16,17,18,19). The molecule has 8 heteroatoms. The van der Waals surface area contributed by atoms with Crippen molar-refractivity contribution in [1.29, 1.82) is 0 Å². The Kier molecular flexibility index (Phi) is 5.26. The summed E-state index contributed by atoms with van der Waals surface area (Å²) >= 11 is 1.63. The van der Waals surface area contributed by atoms with Crippen LogP contribution in [0.4, 0.5) is 17.8 Å². The van der Waals surface area contributed by atoms with Crippen molar-refractivity contribution in [1.82, 2.24) is 19.9 Å². The molecule has 0 bridgehead atoms. The Morgan fingerprint density at radius 3 is 2.52 bits per heavy atom. The van der Waals surface area contributed by atoms with Crippen molar-refractivity contribution in [3.63, 3.8) is 0 Å². The fourth-order valence-corrected chi connectivity index (χ4v) is 2.54. The van der Waals surface area contributed by atoms with Gasteiger partial charge in [-0.1, -0.05) is 6.92 Å². The van der Waals surface area contributed by atoms with E-state index in [4.69, 9.17) is 0 Å². The van der Waals surface area contributed by atoms with Gasteiger partial charge in [-0.05, 0) is 13.3 Å². The molecule has 2 heterocycles. The van der Waals surface area contributed by atoms with Crippen LogP contribution in [-0.2, 0) is 0 Å². The summed E-state index contributed by atoms with van der Waals surface area (Å²) < 4.78 is 0. The van der Waals surface area contributed by atoms with Gasteiger partial charge in [-0.15, -0.1) is 11.3 Å². The van der Waals surface area contributed by atoms with Gasteiger partial charge in [-0.3, -0.25) is 0 Å². The molecule has 0 radical (unpaired) electrons. The van der Waals surface area contributed by atoms with Crippen LogP contribution in [0.15, 0.2) is 11.6 Å². The van der Waals surface area contributed by atoms with Crippen LogP contribution in [0.25, 0.3) is 0 Å². The molecule has 0 saturated carbocycles. The molecule has 0 aliphatic carbocycles. The van der Waals surface area contributed by atoms with E-state index >= 15 is 0 Å². The molecule has 0 aromatic carbocycles. The van der Waals surface area contributed by atoms with Gasteiger partial charge < -0.3 is 15.5 Å². The number of nitrogens with zero attached hydrogens (tertiary/aromatic N) is 5. The molecule has 0 spiro atoms. The van der Waals surface area contributed by atoms with Crippen molar-refractivity contribution in [2.75, 3.05) is 36.2 Å². The largest absolute Gasteiger partial charge is 0.354 e. The van der Waals surface area contributed by atoms with E-state index in [1.165, 1.54) is 0 Å².